The molecule has 20 heavy (non-hydrogen) atoms. The van der Waals surface area contributed by atoms with Crippen LogP contribution >= 0.6 is 0 Å². The minimum atomic E-state index is -4.40. The Balaban J connectivity index is 2.78. The monoisotopic (exact) mass is 289 g/mol. The molecule has 0 aliphatic heterocycles. The topological polar surface area (TPSA) is 38.3 Å². The van der Waals surface area contributed by atoms with Crippen LogP contribution in [0.2, 0.25) is 0 Å². The molecule has 1 aromatic rings. The van der Waals surface area contributed by atoms with Crippen LogP contribution in [0.1, 0.15) is 44.9 Å². The summed E-state index contributed by atoms with van der Waals surface area (Å²) in [6.45, 7) is 6.73. The first-order chi connectivity index (χ1) is 8.99. The number of alkyl halides is 3. The molecule has 0 fully saturated rings. The fourth-order valence-corrected chi connectivity index (χ4v) is 1.55. The lowest BCUT2D eigenvalue weighted by atomic mass is 10.1. The second-order valence-electron chi connectivity index (χ2n) is 5.49. The summed E-state index contributed by atoms with van der Waals surface area (Å²) in [7, 11) is 0. The molecule has 0 heterocycles. The number of carbonyl (C=O) groups excluding carboxylic acids is 1. The highest BCUT2D eigenvalue weighted by Crippen LogP contribution is 2.30. The lowest BCUT2D eigenvalue weighted by Gasteiger charge is -2.22. The van der Waals surface area contributed by atoms with Crippen LogP contribution in [-0.2, 0) is 10.9 Å². The Morgan fingerprint density at radius 1 is 1.25 bits per heavy atom. The summed E-state index contributed by atoms with van der Waals surface area (Å²) >= 11 is 0. The van der Waals surface area contributed by atoms with Gasteiger partial charge in [-0.15, -0.1) is 0 Å². The number of amides is 1. The average molecular weight is 289 g/mol. The van der Waals surface area contributed by atoms with Crippen molar-refractivity contribution < 1.29 is 22.7 Å². The average Bonchev–Trinajstić information content (AvgIpc) is 2.25. The van der Waals surface area contributed by atoms with Gasteiger partial charge < -0.3 is 10.1 Å². The van der Waals surface area contributed by atoms with E-state index in [0.29, 0.717) is 5.56 Å². The van der Waals surface area contributed by atoms with Crippen molar-refractivity contribution in [1.82, 2.24) is 5.32 Å². The Hall–Kier alpha value is -1.72. The maximum Gasteiger partial charge on any atom is 0.416 e. The number of halogens is 3. The maximum absolute atomic E-state index is 12.6. The predicted molar refractivity (Wildman–Crippen MR) is 69.2 cm³/mol. The van der Waals surface area contributed by atoms with Crippen molar-refractivity contribution in [2.75, 3.05) is 0 Å². The lowest BCUT2D eigenvalue weighted by Crippen LogP contribution is -2.34. The summed E-state index contributed by atoms with van der Waals surface area (Å²) in [5, 5.41) is 2.50. The van der Waals surface area contributed by atoms with Crippen LogP contribution in [0.4, 0.5) is 18.0 Å². The van der Waals surface area contributed by atoms with E-state index in [0.717, 1.165) is 12.1 Å². The molecular formula is C14H18F3NO2. The third-order valence-corrected chi connectivity index (χ3v) is 2.45. The van der Waals surface area contributed by atoms with Crippen molar-refractivity contribution in [1.29, 1.82) is 0 Å². The lowest BCUT2D eigenvalue weighted by molar-refractivity contribution is -0.137. The van der Waals surface area contributed by atoms with Gasteiger partial charge >= 0.3 is 12.3 Å². The highest BCUT2D eigenvalue weighted by Gasteiger charge is 2.30. The molecule has 1 atom stereocenters. The third kappa shape index (κ3) is 5.11. The molecule has 1 rings (SSSR count). The first kappa shape index (κ1) is 16.3. The first-order valence-electron chi connectivity index (χ1n) is 6.16. The number of rotatable bonds is 2. The maximum atomic E-state index is 12.6. The van der Waals surface area contributed by atoms with Gasteiger partial charge in [0.05, 0.1) is 11.6 Å². The van der Waals surface area contributed by atoms with Crippen LogP contribution < -0.4 is 5.32 Å². The molecule has 0 bridgehead atoms. The quantitative estimate of drug-likeness (QED) is 0.882. The van der Waals surface area contributed by atoms with Crippen LogP contribution in [-0.4, -0.2) is 11.7 Å². The zero-order valence-corrected chi connectivity index (χ0v) is 11.8. The number of hydrogen-bond donors (Lipinski definition) is 1. The Morgan fingerprint density at radius 3 is 2.35 bits per heavy atom. The van der Waals surface area contributed by atoms with Crippen molar-refractivity contribution in [2.24, 2.45) is 0 Å². The van der Waals surface area contributed by atoms with Gasteiger partial charge in [-0.3, -0.25) is 0 Å². The normalized spacial score (nSPS) is 13.8. The second-order valence-corrected chi connectivity index (χ2v) is 5.49. The molecule has 1 N–H and O–H groups in total. The van der Waals surface area contributed by atoms with E-state index >= 15 is 0 Å². The smallest absolute Gasteiger partial charge is 0.416 e. The fraction of sp³-hybridized carbons (Fsp3) is 0.500. The van der Waals surface area contributed by atoms with Crippen molar-refractivity contribution in [2.45, 2.75) is 45.5 Å². The van der Waals surface area contributed by atoms with Gasteiger partial charge in [-0.25, -0.2) is 4.79 Å². The molecule has 0 aliphatic carbocycles. The Kier molecular flexibility index (Phi) is 4.68. The molecule has 1 unspecified atom stereocenters. The van der Waals surface area contributed by atoms with Gasteiger partial charge in [0.1, 0.15) is 5.60 Å². The standard InChI is InChI=1S/C14H18F3NO2/c1-9(18-12(19)20-13(2,3)4)10-6-5-7-11(8-10)14(15,16)17/h5-9H,1-4H3,(H,18,19). The highest BCUT2D eigenvalue weighted by molar-refractivity contribution is 5.68. The summed E-state index contributed by atoms with van der Waals surface area (Å²) in [5.41, 5.74) is -1.03. The van der Waals surface area contributed by atoms with Crippen LogP contribution in [0, 0.1) is 0 Å². The molecule has 0 saturated heterocycles. The van der Waals surface area contributed by atoms with E-state index in [-0.39, 0.29) is 0 Å². The van der Waals surface area contributed by atoms with E-state index in [4.69, 9.17) is 4.74 Å². The number of nitrogens with one attached hydrogen (secondary N) is 1. The van der Waals surface area contributed by atoms with Gasteiger partial charge in [-0.2, -0.15) is 13.2 Å². The molecule has 0 radical (unpaired) electrons. The number of carbonyl (C=O) groups is 1. The predicted octanol–water partition coefficient (Wildman–Crippen LogP) is 4.29. The number of ether oxygens (including phenoxy) is 1. The summed E-state index contributed by atoms with van der Waals surface area (Å²) in [5.74, 6) is 0. The fourth-order valence-electron chi connectivity index (χ4n) is 1.55. The summed E-state index contributed by atoms with van der Waals surface area (Å²) in [4.78, 5) is 11.6. The van der Waals surface area contributed by atoms with Gasteiger partial charge in [-0.05, 0) is 45.4 Å². The number of alkyl carbamates (subject to hydrolysis) is 1. The molecule has 0 aromatic heterocycles. The molecular weight excluding hydrogens is 271 g/mol. The van der Waals surface area contributed by atoms with Gasteiger partial charge in [0, 0.05) is 0 Å². The minimum absolute atomic E-state index is 0.366. The summed E-state index contributed by atoms with van der Waals surface area (Å²) in [6.07, 6.45) is -5.07. The zero-order chi connectivity index (χ0) is 15.6. The van der Waals surface area contributed by atoms with Gasteiger partial charge in [0.2, 0.25) is 0 Å². The molecule has 6 heteroatoms. The van der Waals surface area contributed by atoms with Gasteiger partial charge in [-0.1, -0.05) is 12.1 Å². The molecule has 1 aromatic carbocycles. The van der Waals surface area contributed by atoms with Crippen LogP contribution in [0.5, 0.6) is 0 Å². The summed E-state index contributed by atoms with van der Waals surface area (Å²) < 4.78 is 42.9. The highest BCUT2D eigenvalue weighted by atomic mass is 19.4. The SMILES string of the molecule is CC(NC(=O)OC(C)(C)C)c1cccc(C(F)(F)F)c1. The molecule has 0 spiro atoms. The Labute approximate surface area is 116 Å². The van der Waals surface area contributed by atoms with Gasteiger partial charge in [0.25, 0.3) is 0 Å². The van der Waals surface area contributed by atoms with E-state index in [1.165, 1.54) is 12.1 Å². The molecule has 1 amide bonds. The zero-order valence-electron chi connectivity index (χ0n) is 11.8. The Bertz CT molecular complexity index is 478. The van der Waals surface area contributed by atoms with E-state index in [9.17, 15) is 18.0 Å². The van der Waals surface area contributed by atoms with E-state index in [1.807, 2.05) is 0 Å². The summed E-state index contributed by atoms with van der Waals surface area (Å²) in [6, 6.07) is 4.26. The van der Waals surface area contributed by atoms with Crippen LogP contribution in [0.25, 0.3) is 0 Å². The van der Waals surface area contributed by atoms with Crippen LogP contribution in [0.15, 0.2) is 24.3 Å². The van der Waals surface area contributed by atoms with E-state index in [2.05, 4.69) is 5.32 Å². The number of hydrogen-bond acceptors (Lipinski definition) is 2. The van der Waals surface area contributed by atoms with Crippen LogP contribution in [0.3, 0.4) is 0 Å². The second kappa shape index (κ2) is 5.73. The molecule has 0 aliphatic rings. The molecule has 0 saturated carbocycles. The largest absolute Gasteiger partial charge is 0.444 e. The first-order valence-corrected chi connectivity index (χ1v) is 6.16. The third-order valence-electron chi connectivity index (χ3n) is 2.45. The van der Waals surface area contributed by atoms with Crippen molar-refractivity contribution in [3.05, 3.63) is 35.4 Å². The van der Waals surface area contributed by atoms with Crippen molar-refractivity contribution >= 4 is 6.09 Å². The van der Waals surface area contributed by atoms with Crippen molar-refractivity contribution in [3.63, 3.8) is 0 Å². The molecule has 3 nitrogen and oxygen atoms in total. The van der Waals surface area contributed by atoms with Crippen molar-refractivity contribution in [3.8, 4) is 0 Å². The Morgan fingerprint density at radius 2 is 1.85 bits per heavy atom. The van der Waals surface area contributed by atoms with E-state index in [1.54, 1.807) is 27.7 Å². The van der Waals surface area contributed by atoms with Gasteiger partial charge in [0.15, 0.2) is 0 Å². The minimum Gasteiger partial charge on any atom is -0.444 e. The number of benzene rings is 1. The molecule has 112 valence electrons. The van der Waals surface area contributed by atoms with E-state index < -0.39 is 29.5 Å².